The van der Waals surface area contributed by atoms with Crippen LogP contribution in [-0.2, 0) is 4.79 Å². The molecule has 6 heteroatoms. The van der Waals surface area contributed by atoms with E-state index in [4.69, 9.17) is 11.6 Å². The minimum atomic E-state index is -0.592. The van der Waals surface area contributed by atoms with Gasteiger partial charge < -0.3 is 9.80 Å². The summed E-state index contributed by atoms with van der Waals surface area (Å²) < 4.78 is 13.7. The van der Waals surface area contributed by atoms with Crippen LogP contribution in [0.25, 0.3) is 0 Å². The third-order valence-electron chi connectivity index (χ3n) is 5.81. The standard InChI is InChI=1S/C19H22ClFN2O2/c20-15-5-4-14(10-16(15)21)17(24)23-9-7-19(12-23)6-1-8-22(18(19)25)11-13-2-3-13/h4-5,10,13H,1-3,6-9,11-12H2. The molecular formula is C19H22ClFN2O2. The molecule has 2 heterocycles. The van der Waals surface area contributed by atoms with E-state index in [-0.39, 0.29) is 22.4 Å². The molecule has 1 saturated carbocycles. The van der Waals surface area contributed by atoms with Crippen LogP contribution in [0, 0.1) is 17.2 Å². The summed E-state index contributed by atoms with van der Waals surface area (Å²) in [5, 5.41) is 0.00705. The van der Waals surface area contributed by atoms with E-state index in [0.29, 0.717) is 25.4 Å². The largest absolute Gasteiger partial charge is 0.342 e. The molecule has 2 aliphatic heterocycles. The molecule has 0 N–H and O–H groups in total. The molecule has 134 valence electrons. The average molecular weight is 365 g/mol. The summed E-state index contributed by atoms with van der Waals surface area (Å²) in [6, 6.07) is 4.12. The molecule has 1 spiro atoms. The van der Waals surface area contributed by atoms with Gasteiger partial charge in [0.2, 0.25) is 5.91 Å². The Morgan fingerprint density at radius 2 is 2.08 bits per heavy atom. The van der Waals surface area contributed by atoms with Crippen molar-refractivity contribution in [3.05, 3.63) is 34.6 Å². The first-order chi connectivity index (χ1) is 12.0. The van der Waals surface area contributed by atoms with Gasteiger partial charge in [-0.05, 0) is 56.2 Å². The van der Waals surface area contributed by atoms with Crippen LogP contribution in [0.15, 0.2) is 18.2 Å². The smallest absolute Gasteiger partial charge is 0.253 e. The van der Waals surface area contributed by atoms with E-state index >= 15 is 0 Å². The second kappa shape index (κ2) is 6.27. The first-order valence-electron chi connectivity index (χ1n) is 9.02. The third kappa shape index (κ3) is 3.14. The van der Waals surface area contributed by atoms with Gasteiger partial charge in [-0.15, -0.1) is 0 Å². The van der Waals surface area contributed by atoms with Crippen molar-refractivity contribution in [2.24, 2.45) is 11.3 Å². The summed E-state index contributed by atoms with van der Waals surface area (Å²) >= 11 is 5.69. The topological polar surface area (TPSA) is 40.6 Å². The molecule has 4 nitrogen and oxygen atoms in total. The van der Waals surface area contributed by atoms with Gasteiger partial charge in [-0.25, -0.2) is 4.39 Å². The molecule has 1 aliphatic carbocycles. The van der Waals surface area contributed by atoms with Crippen molar-refractivity contribution >= 4 is 23.4 Å². The Morgan fingerprint density at radius 1 is 1.28 bits per heavy atom. The van der Waals surface area contributed by atoms with Crippen LogP contribution in [-0.4, -0.2) is 47.8 Å². The van der Waals surface area contributed by atoms with Crippen LogP contribution in [0.3, 0.4) is 0 Å². The molecule has 1 aromatic rings. The number of benzene rings is 1. The Balaban J connectivity index is 1.48. The number of rotatable bonds is 3. The van der Waals surface area contributed by atoms with Crippen molar-refractivity contribution < 1.29 is 14.0 Å². The fourth-order valence-electron chi connectivity index (χ4n) is 4.17. The number of piperidine rings is 1. The van der Waals surface area contributed by atoms with Crippen molar-refractivity contribution in [3.63, 3.8) is 0 Å². The molecular weight excluding hydrogens is 343 g/mol. The number of carbonyl (C=O) groups excluding carboxylic acids is 2. The number of hydrogen-bond donors (Lipinski definition) is 0. The first kappa shape index (κ1) is 16.8. The summed E-state index contributed by atoms with van der Waals surface area (Å²) in [5.74, 6) is 0.0730. The molecule has 2 amide bonds. The van der Waals surface area contributed by atoms with Gasteiger partial charge in [-0.3, -0.25) is 9.59 Å². The minimum Gasteiger partial charge on any atom is -0.342 e. The van der Waals surface area contributed by atoms with E-state index in [1.165, 1.54) is 25.0 Å². The first-order valence-corrected chi connectivity index (χ1v) is 9.40. The molecule has 25 heavy (non-hydrogen) atoms. The lowest BCUT2D eigenvalue weighted by Crippen LogP contribution is -2.50. The van der Waals surface area contributed by atoms with E-state index in [0.717, 1.165) is 25.9 Å². The third-order valence-corrected chi connectivity index (χ3v) is 6.11. The maximum absolute atomic E-state index is 13.7. The highest BCUT2D eigenvalue weighted by molar-refractivity contribution is 6.30. The van der Waals surface area contributed by atoms with Gasteiger partial charge in [0.1, 0.15) is 5.82 Å². The lowest BCUT2D eigenvalue weighted by Gasteiger charge is -2.39. The highest BCUT2D eigenvalue weighted by atomic mass is 35.5. The Kier molecular flexibility index (Phi) is 4.22. The predicted molar refractivity (Wildman–Crippen MR) is 92.9 cm³/mol. The molecule has 3 aliphatic rings. The predicted octanol–water partition coefficient (Wildman–Crippen LogP) is 3.34. The molecule has 4 rings (SSSR count). The number of carbonyl (C=O) groups is 2. The quantitative estimate of drug-likeness (QED) is 0.825. The van der Waals surface area contributed by atoms with Crippen molar-refractivity contribution in [2.45, 2.75) is 32.1 Å². The zero-order valence-corrected chi connectivity index (χ0v) is 14.9. The fraction of sp³-hybridized carbons (Fsp3) is 0.579. The van der Waals surface area contributed by atoms with Crippen LogP contribution < -0.4 is 0 Å². The number of hydrogen-bond acceptors (Lipinski definition) is 2. The molecule has 2 saturated heterocycles. The van der Waals surface area contributed by atoms with Crippen molar-refractivity contribution in [1.29, 1.82) is 0 Å². The van der Waals surface area contributed by atoms with Crippen LogP contribution >= 0.6 is 11.6 Å². The van der Waals surface area contributed by atoms with Gasteiger partial charge in [-0.1, -0.05) is 11.6 Å². The Labute approximate surface area is 151 Å². The summed E-state index contributed by atoms with van der Waals surface area (Å²) in [5.41, 5.74) is -0.148. The van der Waals surface area contributed by atoms with Crippen molar-refractivity contribution in [3.8, 4) is 0 Å². The van der Waals surface area contributed by atoms with Crippen LogP contribution in [0.5, 0.6) is 0 Å². The summed E-state index contributed by atoms with van der Waals surface area (Å²) in [6.45, 7) is 2.70. The van der Waals surface area contributed by atoms with Gasteiger partial charge in [-0.2, -0.15) is 0 Å². The van der Waals surface area contributed by atoms with E-state index < -0.39 is 11.2 Å². The Morgan fingerprint density at radius 3 is 2.80 bits per heavy atom. The second-order valence-electron chi connectivity index (χ2n) is 7.68. The molecule has 3 fully saturated rings. The van der Waals surface area contributed by atoms with Gasteiger partial charge in [0.25, 0.3) is 5.91 Å². The van der Waals surface area contributed by atoms with Gasteiger partial charge in [0, 0.05) is 31.7 Å². The zero-order valence-electron chi connectivity index (χ0n) is 14.1. The molecule has 1 atom stereocenters. The number of amides is 2. The fourth-order valence-corrected chi connectivity index (χ4v) is 4.29. The SMILES string of the molecule is O=C(c1ccc(Cl)c(F)c1)N1CCC2(CCCN(CC3CC3)C2=O)C1. The van der Waals surface area contributed by atoms with Crippen LogP contribution in [0.1, 0.15) is 42.5 Å². The van der Waals surface area contributed by atoms with Crippen molar-refractivity contribution in [2.75, 3.05) is 26.2 Å². The van der Waals surface area contributed by atoms with E-state index in [2.05, 4.69) is 0 Å². The normalized spacial score (nSPS) is 26.6. The second-order valence-corrected chi connectivity index (χ2v) is 8.09. The summed E-state index contributed by atoms with van der Waals surface area (Å²) in [7, 11) is 0. The van der Waals surface area contributed by atoms with E-state index in [1.807, 2.05) is 4.90 Å². The number of halogens is 2. The van der Waals surface area contributed by atoms with E-state index in [1.54, 1.807) is 11.0 Å². The average Bonchev–Trinajstić information content (AvgIpc) is 3.32. The molecule has 1 aromatic carbocycles. The Hall–Kier alpha value is -1.62. The molecule has 1 unspecified atom stereocenters. The number of nitrogens with zero attached hydrogens (tertiary/aromatic N) is 2. The summed E-state index contributed by atoms with van der Waals surface area (Å²) in [6.07, 6.45) is 4.99. The van der Waals surface area contributed by atoms with Crippen LogP contribution in [0.2, 0.25) is 5.02 Å². The van der Waals surface area contributed by atoms with E-state index in [9.17, 15) is 14.0 Å². The lowest BCUT2D eigenvalue weighted by atomic mass is 9.78. The van der Waals surface area contributed by atoms with Crippen molar-refractivity contribution in [1.82, 2.24) is 9.80 Å². The maximum atomic E-state index is 13.7. The van der Waals surface area contributed by atoms with Gasteiger partial charge in [0.15, 0.2) is 0 Å². The Bertz CT molecular complexity index is 721. The molecule has 0 aromatic heterocycles. The minimum absolute atomic E-state index is 0.00705. The van der Waals surface area contributed by atoms with Crippen LogP contribution in [0.4, 0.5) is 4.39 Å². The zero-order chi connectivity index (χ0) is 17.6. The maximum Gasteiger partial charge on any atom is 0.253 e. The lowest BCUT2D eigenvalue weighted by molar-refractivity contribution is -0.145. The monoisotopic (exact) mass is 364 g/mol. The highest BCUT2D eigenvalue weighted by Gasteiger charge is 2.50. The van der Waals surface area contributed by atoms with Gasteiger partial charge >= 0.3 is 0 Å². The molecule has 0 bridgehead atoms. The summed E-state index contributed by atoms with van der Waals surface area (Å²) in [4.78, 5) is 29.4. The number of likely N-dealkylation sites (tertiary alicyclic amines) is 2. The van der Waals surface area contributed by atoms with Gasteiger partial charge in [0.05, 0.1) is 10.4 Å². The highest BCUT2D eigenvalue weighted by Crippen LogP contribution is 2.42. The molecule has 0 radical (unpaired) electrons.